The third kappa shape index (κ3) is 1.95. The molecule has 0 saturated carbocycles. The standard InChI is InChI=1S/C15H18N4O/c1-10(2)19-13(9-14(16)17-19)15(20)18-8-7-11-5-3-4-6-12(11)18/h3-6,9-10H,7-8H2,1-2H3,(H2,16,17). The van der Waals surface area contributed by atoms with Gasteiger partial charge in [0.1, 0.15) is 11.5 Å². The Morgan fingerprint density at radius 1 is 1.35 bits per heavy atom. The molecule has 1 aliphatic rings. The van der Waals surface area contributed by atoms with E-state index in [2.05, 4.69) is 11.2 Å². The number of nitrogen functional groups attached to an aromatic ring is 1. The summed E-state index contributed by atoms with van der Waals surface area (Å²) in [5.74, 6) is 0.349. The van der Waals surface area contributed by atoms with Crippen LogP contribution in [0.15, 0.2) is 30.3 Å². The molecule has 0 spiro atoms. The van der Waals surface area contributed by atoms with Gasteiger partial charge in [0.15, 0.2) is 0 Å². The van der Waals surface area contributed by atoms with Crippen LogP contribution in [0.2, 0.25) is 0 Å². The second-order valence-electron chi connectivity index (χ2n) is 5.33. The summed E-state index contributed by atoms with van der Waals surface area (Å²) >= 11 is 0. The maximum Gasteiger partial charge on any atom is 0.276 e. The van der Waals surface area contributed by atoms with Gasteiger partial charge in [-0.2, -0.15) is 5.10 Å². The molecular formula is C15H18N4O. The number of carbonyl (C=O) groups is 1. The number of amides is 1. The second-order valence-corrected chi connectivity index (χ2v) is 5.33. The summed E-state index contributed by atoms with van der Waals surface area (Å²) in [6.07, 6.45) is 0.896. The van der Waals surface area contributed by atoms with Crippen molar-refractivity contribution in [3.8, 4) is 0 Å². The minimum Gasteiger partial charge on any atom is -0.382 e. The molecule has 0 unspecified atom stereocenters. The van der Waals surface area contributed by atoms with Gasteiger partial charge < -0.3 is 10.6 Å². The van der Waals surface area contributed by atoms with Crippen molar-refractivity contribution in [1.29, 1.82) is 0 Å². The highest BCUT2D eigenvalue weighted by molar-refractivity contribution is 6.06. The first-order chi connectivity index (χ1) is 9.58. The molecule has 1 amide bonds. The van der Waals surface area contributed by atoms with E-state index in [1.54, 1.807) is 10.7 Å². The largest absolute Gasteiger partial charge is 0.382 e. The van der Waals surface area contributed by atoms with Crippen LogP contribution in [0.1, 0.15) is 35.9 Å². The molecule has 2 heterocycles. The molecular weight excluding hydrogens is 252 g/mol. The van der Waals surface area contributed by atoms with E-state index in [1.165, 1.54) is 5.56 Å². The minimum atomic E-state index is -0.0344. The lowest BCUT2D eigenvalue weighted by Gasteiger charge is -2.19. The van der Waals surface area contributed by atoms with E-state index in [0.717, 1.165) is 12.1 Å². The van der Waals surface area contributed by atoms with Gasteiger partial charge in [-0.25, -0.2) is 0 Å². The number of anilines is 2. The summed E-state index contributed by atoms with van der Waals surface area (Å²) in [7, 11) is 0. The number of hydrogen-bond acceptors (Lipinski definition) is 3. The maximum absolute atomic E-state index is 12.8. The third-order valence-corrected chi connectivity index (χ3v) is 3.60. The normalized spacial score (nSPS) is 13.8. The monoisotopic (exact) mass is 270 g/mol. The van der Waals surface area contributed by atoms with E-state index in [-0.39, 0.29) is 11.9 Å². The van der Waals surface area contributed by atoms with Crippen LogP contribution in [0, 0.1) is 0 Å². The van der Waals surface area contributed by atoms with Gasteiger partial charge in [-0.3, -0.25) is 9.48 Å². The Labute approximate surface area is 118 Å². The maximum atomic E-state index is 12.8. The van der Waals surface area contributed by atoms with E-state index in [0.29, 0.717) is 18.1 Å². The molecule has 0 saturated heterocycles. The van der Waals surface area contributed by atoms with Gasteiger partial charge in [0.2, 0.25) is 0 Å². The molecule has 0 atom stereocenters. The van der Waals surface area contributed by atoms with Crippen LogP contribution in [0.4, 0.5) is 11.5 Å². The summed E-state index contributed by atoms with van der Waals surface area (Å²) in [5.41, 5.74) is 8.50. The predicted octanol–water partition coefficient (Wildman–Crippen LogP) is 2.25. The summed E-state index contributed by atoms with van der Waals surface area (Å²) in [5, 5.41) is 4.21. The van der Waals surface area contributed by atoms with Crippen LogP contribution in [-0.2, 0) is 6.42 Å². The van der Waals surface area contributed by atoms with Crippen LogP contribution in [0.3, 0.4) is 0 Å². The number of nitrogens with zero attached hydrogens (tertiary/aromatic N) is 3. The summed E-state index contributed by atoms with van der Waals surface area (Å²) in [4.78, 5) is 14.6. The zero-order valence-electron chi connectivity index (χ0n) is 11.7. The van der Waals surface area contributed by atoms with Crippen LogP contribution < -0.4 is 10.6 Å². The molecule has 5 nitrogen and oxygen atoms in total. The lowest BCUT2D eigenvalue weighted by atomic mass is 10.2. The van der Waals surface area contributed by atoms with E-state index in [4.69, 9.17) is 5.73 Å². The molecule has 1 aliphatic heterocycles. The molecule has 5 heteroatoms. The highest BCUT2D eigenvalue weighted by atomic mass is 16.2. The summed E-state index contributed by atoms with van der Waals surface area (Å²) in [6.45, 7) is 4.68. The van der Waals surface area contributed by atoms with Gasteiger partial charge in [0.25, 0.3) is 5.91 Å². The molecule has 2 aromatic rings. The first kappa shape index (κ1) is 12.7. The number of benzene rings is 1. The molecule has 1 aromatic heterocycles. The van der Waals surface area contributed by atoms with E-state index in [9.17, 15) is 4.79 Å². The van der Waals surface area contributed by atoms with Gasteiger partial charge in [-0.05, 0) is 31.9 Å². The average Bonchev–Trinajstić information content (AvgIpc) is 3.01. The predicted molar refractivity (Wildman–Crippen MR) is 78.8 cm³/mol. The summed E-state index contributed by atoms with van der Waals surface area (Å²) < 4.78 is 1.69. The second kappa shape index (κ2) is 4.67. The van der Waals surface area contributed by atoms with Crippen LogP contribution in [-0.4, -0.2) is 22.2 Å². The Kier molecular flexibility index (Phi) is 2.97. The molecule has 20 heavy (non-hydrogen) atoms. The number of nitrogens with two attached hydrogens (primary N) is 1. The van der Waals surface area contributed by atoms with Crippen molar-refractivity contribution in [2.45, 2.75) is 26.3 Å². The van der Waals surface area contributed by atoms with Crippen molar-refractivity contribution in [2.24, 2.45) is 0 Å². The summed E-state index contributed by atoms with van der Waals surface area (Å²) in [6, 6.07) is 9.77. The van der Waals surface area contributed by atoms with Crippen molar-refractivity contribution >= 4 is 17.4 Å². The van der Waals surface area contributed by atoms with Crippen LogP contribution in [0.5, 0.6) is 0 Å². The van der Waals surface area contributed by atoms with Crippen molar-refractivity contribution in [2.75, 3.05) is 17.2 Å². The molecule has 1 aromatic carbocycles. The Morgan fingerprint density at radius 3 is 2.85 bits per heavy atom. The Hall–Kier alpha value is -2.30. The number of fused-ring (bicyclic) bond motifs is 1. The van der Waals surface area contributed by atoms with Gasteiger partial charge in [-0.15, -0.1) is 0 Å². The van der Waals surface area contributed by atoms with Gasteiger partial charge >= 0.3 is 0 Å². The fraction of sp³-hybridized carbons (Fsp3) is 0.333. The average molecular weight is 270 g/mol. The van der Waals surface area contributed by atoms with Gasteiger partial charge in [0.05, 0.1) is 0 Å². The number of para-hydroxylation sites is 1. The first-order valence-corrected chi connectivity index (χ1v) is 6.82. The lowest BCUT2D eigenvalue weighted by molar-refractivity contribution is 0.0977. The highest BCUT2D eigenvalue weighted by Crippen LogP contribution is 2.29. The molecule has 2 N–H and O–H groups in total. The van der Waals surface area contributed by atoms with E-state index in [1.807, 2.05) is 36.9 Å². The van der Waals surface area contributed by atoms with Crippen molar-refractivity contribution in [1.82, 2.24) is 9.78 Å². The molecule has 0 bridgehead atoms. The molecule has 104 valence electrons. The number of rotatable bonds is 2. The number of carbonyl (C=O) groups excluding carboxylic acids is 1. The Balaban J connectivity index is 1.99. The molecule has 0 radical (unpaired) electrons. The lowest BCUT2D eigenvalue weighted by Crippen LogP contribution is -2.31. The molecule has 0 aliphatic carbocycles. The van der Waals surface area contributed by atoms with E-state index >= 15 is 0 Å². The highest BCUT2D eigenvalue weighted by Gasteiger charge is 2.28. The first-order valence-electron chi connectivity index (χ1n) is 6.82. The number of hydrogen-bond donors (Lipinski definition) is 1. The SMILES string of the molecule is CC(C)n1nc(N)cc1C(=O)N1CCc2ccccc21. The van der Waals surface area contributed by atoms with Crippen LogP contribution >= 0.6 is 0 Å². The van der Waals surface area contributed by atoms with Crippen molar-refractivity contribution in [3.63, 3.8) is 0 Å². The zero-order chi connectivity index (χ0) is 14.3. The third-order valence-electron chi connectivity index (χ3n) is 3.60. The Morgan fingerprint density at radius 2 is 2.10 bits per heavy atom. The quantitative estimate of drug-likeness (QED) is 0.910. The fourth-order valence-electron chi connectivity index (χ4n) is 2.65. The van der Waals surface area contributed by atoms with Crippen LogP contribution in [0.25, 0.3) is 0 Å². The van der Waals surface area contributed by atoms with Gasteiger partial charge in [0, 0.05) is 24.3 Å². The smallest absolute Gasteiger partial charge is 0.276 e. The van der Waals surface area contributed by atoms with E-state index < -0.39 is 0 Å². The zero-order valence-corrected chi connectivity index (χ0v) is 11.7. The van der Waals surface area contributed by atoms with Crippen molar-refractivity contribution < 1.29 is 4.79 Å². The van der Waals surface area contributed by atoms with Gasteiger partial charge in [-0.1, -0.05) is 18.2 Å². The molecule has 3 rings (SSSR count). The Bertz CT molecular complexity index is 660. The van der Waals surface area contributed by atoms with Crippen molar-refractivity contribution in [3.05, 3.63) is 41.6 Å². The number of aromatic nitrogens is 2. The topological polar surface area (TPSA) is 64.2 Å². The minimum absolute atomic E-state index is 0.0344. The molecule has 0 fully saturated rings. The fourth-order valence-corrected chi connectivity index (χ4v) is 2.65.